The lowest BCUT2D eigenvalue weighted by Crippen LogP contribution is -2.02. The van der Waals surface area contributed by atoms with E-state index in [1.807, 2.05) is 5.38 Å². The number of hydrogen-bond acceptors (Lipinski definition) is 2. The maximum atomic E-state index is 13.6. The second-order valence-corrected chi connectivity index (χ2v) is 5.38. The normalized spacial score (nSPS) is 12.8. The molecule has 0 saturated heterocycles. The van der Waals surface area contributed by atoms with Gasteiger partial charge in [-0.3, -0.25) is 0 Å². The predicted molar refractivity (Wildman–Crippen MR) is 67.5 cm³/mol. The van der Waals surface area contributed by atoms with Gasteiger partial charge < -0.3 is 5.11 Å². The van der Waals surface area contributed by atoms with E-state index < -0.39 is 11.9 Å². The summed E-state index contributed by atoms with van der Waals surface area (Å²) in [6, 6.07) is 6.16. The molecule has 0 spiro atoms. The molecule has 2 rings (SSSR count). The second-order valence-electron chi connectivity index (χ2n) is 3.17. The largest absolute Gasteiger partial charge is 0.383 e. The van der Waals surface area contributed by atoms with Gasteiger partial charge in [0.05, 0.1) is 4.88 Å². The molecule has 1 aromatic carbocycles. The van der Waals surface area contributed by atoms with Crippen molar-refractivity contribution in [3.8, 4) is 0 Å². The Bertz CT molecular complexity index is 494. The lowest BCUT2D eigenvalue weighted by molar-refractivity contribution is 0.218. The van der Waals surface area contributed by atoms with Gasteiger partial charge in [0.15, 0.2) is 0 Å². The summed E-state index contributed by atoms with van der Waals surface area (Å²) in [4.78, 5) is 0.645. The van der Waals surface area contributed by atoms with Crippen molar-refractivity contribution >= 4 is 38.9 Å². The van der Waals surface area contributed by atoms with Crippen LogP contribution < -0.4 is 0 Å². The van der Waals surface area contributed by atoms with Crippen molar-refractivity contribution in [1.29, 1.82) is 0 Å². The van der Waals surface area contributed by atoms with E-state index in [0.717, 1.165) is 4.47 Å². The van der Waals surface area contributed by atoms with Crippen molar-refractivity contribution in [2.45, 2.75) is 6.10 Å². The van der Waals surface area contributed by atoms with Gasteiger partial charge in [-0.15, -0.1) is 11.3 Å². The summed E-state index contributed by atoms with van der Waals surface area (Å²) >= 11 is 10.5. The highest BCUT2D eigenvalue weighted by Gasteiger charge is 2.21. The Balaban J connectivity index is 2.49. The average Bonchev–Trinajstić information content (AvgIpc) is 2.64. The molecule has 0 radical (unpaired) electrons. The van der Waals surface area contributed by atoms with Crippen LogP contribution in [-0.2, 0) is 0 Å². The topological polar surface area (TPSA) is 20.2 Å². The maximum absolute atomic E-state index is 13.6. The average molecular weight is 322 g/mol. The fourth-order valence-electron chi connectivity index (χ4n) is 1.40. The Morgan fingerprint density at radius 1 is 1.38 bits per heavy atom. The molecule has 84 valence electrons. The van der Waals surface area contributed by atoms with Crippen molar-refractivity contribution < 1.29 is 9.50 Å². The van der Waals surface area contributed by atoms with Crippen LogP contribution in [0.1, 0.15) is 16.5 Å². The summed E-state index contributed by atoms with van der Waals surface area (Å²) in [7, 11) is 0. The van der Waals surface area contributed by atoms with E-state index >= 15 is 0 Å². The van der Waals surface area contributed by atoms with Gasteiger partial charge in [-0.2, -0.15) is 0 Å². The van der Waals surface area contributed by atoms with Gasteiger partial charge in [-0.1, -0.05) is 17.7 Å². The van der Waals surface area contributed by atoms with Crippen molar-refractivity contribution in [3.63, 3.8) is 0 Å². The van der Waals surface area contributed by atoms with Crippen LogP contribution in [0.3, 0.4) is 0 Å². The minimum atomic E-state index is -1.04. The lowest BCUT2D eigenvalue weighted by Gasteiger charge is -2.12. The van der Waals surface area contributed by atoms with E-state index in [0.29, 0.717) is 4.88 Å². The summed E-state index contributed by atoms with van der Waals surface area (Å²) in [6.45, 7) is 0. The molecule has 5 heteroatoms. The number of benzene rings is 1. The molecule has 1 heterocycles. The molecule has 1 nitrogen and oxygen atoms in total. The second kappa shape index (κ2) is 4.84. The molecule has 1 N–H and O–H groups in total. The first-order valence-corrected chi connectivity index (χ1v) is 6.51. The van der Waals surface area contributed by atoms with Gasteiger partial charge in [0.2, 0.25) is 0 Å². The molecule has 0 aliphatic rings. The summed E-state index contributed by atoms with van der Waals surface area (Å²) in [5.41, 5.74) is 0.118. The van der Waals surface area contributed by atoms with Gasteiger partial charge >= 0.3 is 0 Å². The molecule has 1 aromatic heterocycles. The number of aliphatic hydroxyl groups is 1. The minimum absolute atomic E-state index is 0.118. The first-order valence-electron chi connectivity index (χ1n) is 4.46. The molecule has 0 bridgehead atoms. The van der Waals surface area contributed by atoms with Crippen LogP contribution in [0, 0.1) is 5.82 Å². The zero-order valence-electron chi connectivity index (χ0n) is 7.95. The molecular weight excluding hydrogens is 315 g/mol. The zero-order valence-corrected chi connectivity index (χ0v) is 11.1. The van der Waals surface area contributed by atoms with Crippen LogP contribution in [0.2, 0.25) is 5.02 Å². The standard InChI is InChI=1S/C11H7BrClFOS/c12-6-4-5-16-11(6)10(15)9-7(13)2-1-3-8(9)14/h1-5,10,15H. The van der Waals surface area contributed by atoms with Crippen LogP contribution in [0.4, 0.5) is 4.39 Å². The van der Waals surface area contributed by atoms with E-state index in [1.54, 1.807) is 12.1 Å². The van der Waals surface area contributed by atoms with Gasteiger partial charge in [0.1, 0.15) is 11.9 Å². The van der Waals surface area contributed by atoms with Gasteiger partial charge in [0.25, 0.3) is 0 Å². The molecular formula is C11H7BrClFOS. The van der Waals surface area contributed by atoms with E-state index in [-0.39, 0.29) is 10.6 Å². The van der Waals surface area contributed by atoms with Crippen LogP contribution in [0.25, 0.3) is 0 Å². The quantitative estimate of drug-likeness (QED) is 0.870. The summed E-state index contributed by atoms with van der Waals surface area (Å²) in [5, 5.41) is 12.1. The predicted octanol–water partition coefficient (Wildman–Crippen LogP) is 4.38. The highest BCUT2D eigenvalue weighted by Crippen LogP contribution is 2.36. The number of rotatable bonds is 2. The fraction of sp³-hybridized carbons (Fsp3) is 0.0909. The molecule has 1 atom stereocenters. The lowest BCUT2D eigenvalue weighted by atomic mass is 10.1. The number of aliphatic hydroxyl groups excluding tert-OH is 1. The van der Waals surface area contributed by atoms with Crippen LogP contribution in [0.5, 0.6) is 0 Å². The first-order chi connectivity index (χ1) is 7.61. The van der Waals surface area contributed by atoms with E-state index in [4.69, 9.17) is 11.6 Å². The van der Waals surface area contributed by atoms with Crippen molar-refractivity contribution in [2.75, 3.05) is 0 Å². The molecule has 0 aliphatic heterocycles. The first kappa shape index (κ1) is 12.0. The molecule has 0 saturated carbocycles. The van der Waals surface area contributed by atoms with Crippen molar-refractivity contribution in [2.24, 2.45) is 0 Å². The van der Waals surface area contributed by atoms with E-state index in [2.05, 4.69) is 15.9 Å². The SMILES string of the molecule is OC(c1sccc1Br)c1c(F)cccc1Cl. The van der Waals surface area contributed by atoms with Crippen molar-refractivity contribution in [3.05, 3.63) is 55.4 Å². The van der Waals surface area contributed by atoms with Gasteiger partial charge in [-0.25, -0.2) is 4.39 Å². The number of halogens is 3. The molecule has 2 aromatic rings. The van der Waals surface area contributed by atoms with Crippen LogP contribution >= 0.6 is 38.9 Å². The molecule has 0 amide bonds. The monoisotopic (exact) mass is 320 g/mol. The molecule has 1 unspecified atom stereocenters. The van der Waals surface area contributed by atoms with Crippen LogP contribution in [-0.4, -0.2) is 5.11 Å². The summed E-state index contributed by atoms with van der Waals surface area (Å²) in [6.07, 6.45) is -1.04. The smallest absolute Gasteiger partial charge is 0.130 e. The van der Waals surface area contributed by atoms with Gasteiger partial charge in [-0.05, 0) is 39.5 Å². The summed E-state index contributed by atoms with van der Waals surface area (Å²) in [5.74, 6) is -0.500. The van der Waals surface area contributed by atoms with Crippen molar-refractivity contribution in [1.82, 2.24) is 0 Å². The number of thiophene rings is 1. The summed E-state index contributed by atoms with van der Waals surface area (Å²) < 4.78 is 14.3. The van der Waals surface area contributed by atoms with Crippen LogP contribution in [0.15, 0.2) is 34.1 Å². The van der Waals surface area contributed by atoms with E-state index in [1.165, 1.54) is 23.5 Å². The third-order valence-electron chi connectivity index (χ3n) is 2.17. The Kier molecular flexibility index (Phi) is 3.64. The Labute approximate surface area is 110 Å². The zero-order chi connectivity index (χ0) is 11.7. The van der Waals surface area contributed by atoms with E-state index in [9.17, 15) is 9.50 Å². The Morgan fingerprint density at radius 3 is 2.69 bits per heavy atom. The third kappa shape index (κ3) is 2.15. The fourth-order valence-corrected chi connectivity index (χ4v) is 3.25. The Hall–Kier alpha value is -0.420. The highest BCUT2D eigenvalue weighted by molar-refractivity contribution is 9.10. The molecule has 16 heavy (non-hydrogen) atoms. The maximum Gasteiger partial charge on any atom is 0.130 e. The molecule has 0 aliphatic carbocycles. The Morgan fingerprint density at radius 2 is 2.12 bits per heavy atom. The highest BCUT2D eigenvalue weighted by atomic mass is 79.9. The molecule has 0 fully saturated rings. The van der Waals surface area contributed by atoms with Gasteiger partial charge in [0, 0.05) is 15.1 Å². The number of hydrogen-bond donors (Lipinski definition) is 1. The minimum Gasteiger partial charge on any atom is -0.383 e. The third-order valence-corrected chi connectivity index (χ3v) is 4.42.